The predicted molar refractivity (Wildman–Crippen MR) is 116 cm³/mol. The van der Waals surface area contributed by atoms with Gasteiger partial charge in [-0.25, -0.2) is 4.98 Å². The summed E-state index contributed by atoms with van der Waals surface area (Å²) in [5.41, 5.74) is 7.83. The Bertz CT molecular complexity index is 689. The number of ether oxygens (including phenoxy) is 1. The Kier molecular flexibility index (Phi) is 11.6. The third-order valence-electron chi connectivity index (χ3n) is 4.37. The average molecular weight is 434 g/mol. The molecule has 0 bridgehead atoms. The molecular weight excluding hydrogens is 405 g/mol. The molecule has 0 aliphatic carbocycles. The van der Waals surface area contributed by atoms with Crippen LogP contribution in [0.5, 0.6) is 5.75 Å². The maximum Gasteiger partial charge on any atom is 0.226 e. The van der Waals surface area contributed by atoms with Crippen LogP contribution < -0.4 is 15.8 Å². The van der Waals surface area contributed by atoms with E-state index in [0.717, 1.165) is 29.3 Å². The molecule has 3 N–H and O–H groups in total. The summed E-state index contributed by atoms with van der Waals surface area (Å²) in [6.45, 7) is 7.02. The molecular formula is C19H29Cl2N3O2S. The lowest BCUT2D eigenvalue weighted by atomic mass is 9.94. The number of thiazole rings is 1. The molecule has 1 aromatic heterocycles. The number of halogens is 2. The molecule has 2 aromatic rings. The Morgan fingerprint density at radius 2 is 1.85 bits per heavy atom. The van der Waals surface area contributed by atoms with Gasteiger partial charge in [-0.15, -0.1) is 36.2 Å². The number of carbonyl (C=O) groups is 1. The minimum atomic E-state index is -0.329. The van der Waals surface area contributed by atoms with Crippen LogP contribution in [-0.2, 0) is 17.8 Å². The number of carbonyl (C=O) groups excluding carboxylic acids is 1. The minimum Gasteiger partial charge on any atom is -0.486 e. The first-order chi connectivity index (χ1) is 11.9. The lowest BCUT2D eigenvalue weighted by molar-refractivity contribution is -0.120. The fraction of sp³-hybridized carbons (Fsp3) is 0.474. The molecule has 8 heteroatoms. The minimum absolute atomic E-state index is 0. The smallest absolute Gasteiger partial charge is 0.226 e. The van der Waals surface area contributed by atoms with Gasteiger partial charge in [0.05, 0.1) is 12.1 Å². The first-order valence-electron chi connectivity index (χ1n) is 8.62. The van der Waals surface area contributed by atoms with E-state index in [2.05, 4.69) is 10.3 Å². The summed E-state index contributed by atoms with van der Waals surface area (Å²) in [6, 6.07) is 7.91. The summed E-state index contributed by atoms with van der Waals surface area (Å²) < 4.78 is 5.72. The standard InChI is InChI=1S/C19H27N3O2S.2ClH/c1-4-19(20,5-2)13-21-17(23)10-15-12-25-18(22-15)11-24-16-8-6-14(3)7-9-16;;/h6-9,12H,4-5,10-11,13,20H2,1-3H3,(H,21,23);2*1H. The van der Waals surface area contributed by atoms with Gasteiger partial charge in [0.1, 0.15) is 17.4 Å². The third kappa shape index (κ3) is 8.47. The van der Waals surface area contributed by atoms with Crippen molar-refractivity contribution in [1.29, 1.82) is 0 Å². The van der Waals surface area contributed by atoms with Crippen molar-refractivity contribution in [1.82, 2.24) is 10.3 Å². The van der Waals surface area contributed by atoms with E-state index in [1.54, 1.807) is 0 Å². The Balaban J connectivity index is 0.00000338. The van der Waals surface area contributed by atoms with Gasteiger partial charge in [-0.3, -0.25) is 4.79 Å². The summed E-state index contributed by atoms with van der Waals surface area (Å²) in [5, 5.41) is 5.68. The molecule has 0 radical (unpaired) electrons. The number of amides is 1. The van der Waals surface area contributed by atoms with Crippen molar-refractivity contribution in [2.75, 3.05) is 6.54 Å². The normalized spacial score (nSPS) is 10.5. The van der Waals surface area contributed by atoms with E-state index in [1.165, 1.54) is 16.9 Å². The van der Waals surface area contributed by atoms with Gasteiger partial charge >= 0.3 is 0 Å². The van der Waals surface area contributed by atoms with Crippen molar-refractivity contribution in [3.05, 3.63) is 45.9 Å². The lowest BCUT2D eigenvalue weighted by Crippen LogP contribution is -2.49. The summed E-state index contributed by atoms with van der Waals surface area (Å²) in [7, 11) is 0. The fourth-order valence-corrected chi connectivity index (χ4v) is 2.98. The lowest BCUT2D eigenvalue weighted by Gasteiger charge is -2.26. The van der Waals surface area contributed by atoms with Crippen molar-refractivity contribution in [3.63, 3.8) is 0 Å². The highest BCUT2D eigenvalue weighted by Crippen LogP contribution is 2.16. The third-order valence-corrected chi connectivity index (χ3v) is 5.24. The zero-order valence-electron chi connectivity index (χ0n) is 16.0. The molecule has 0 fully saturated rings. The van der Waals surface area contributed by atoms with Crippen LogP contribution in [-0.4, -0.2) is 23.0 Å². The van der Waals surface area contributed by atoms with E-state index in [0.29, 0.717) is 13.2 Å². The average Bonchev–Trinajstić information content (AvgIpc) is 3.06. The largest absolute Gasteiger partial charge is 0.486 e. The Labute approximate surface area is 177 Å². The first-order valence-corrected chi connectivity index (χ1v) is 9.50. The molecule has 0 aliphatic heterocycles. The second kappa shape index (κ2) is 12.2. The Morgan fingerprint density at radius 3 is 2.44 bits per heavy atom. The number of hydrogen-bond acceptors (Lipinski definition) is 5. The van der Waals surface area contributed by atoms with Crippen LogP contribution in [0.25, 0.3) is 0 Å². The molecule has 1 aromatic carbocycles. The number of aryl methyl sites for hydroxylation is 1. The van der Waals surface area contributed by atoms with E-state index in [1.807, 2.05) is 50.4 Å². The topological polar surface area (TPSA) is 77.2 Å². The monoisotopic (exact) mass is 433 g/mol. The van der Waals surface area contributed by atoms with Crippen LogP contribution in [0.1, 0.15) is 43.0 Å². The zero-order chi connectivity index (χ0) is 18.3. The number of nitrogens with two attached hydrogens (primary N) is 1. The van der Waals surface area contributed by atoms with Crippen molar-refractivity contribution < 1.29 is 9.53 Å². The van der Waals surface area contributed by atoms with E-state index in [-0.39, 0.29) is 42.7 Å². The van der Waals surface area contributed by atoms with Crippen molar-refractivity contribution >= 4 is 42.1 Å². The quantitative estimate of drug-likeness (QED) is 0.624. The Hall–Kier alpha value is -1.34. The molecule has 152 valence electrons. The molecule has 0 atom stereocenters. The Morgan fingerprint density at radius 1 is 1.22 bits per heavy atom. The second-order valence-corrected chi connectivity index (χ2v) is 7.30. The van der Waals surface area contributed by atoms with Crippen molar-refractivity contribution in [2.24, 2.45) is 5.73 Å². The maximum absolute atomic E-state index is 12.1. The van der Waals surface area contributed by atoms with Gasteiger partial charge in [-0.1, -0.05) is 31.5 Å². The van der Waals surface area contributed by atoms with Crippen molar-refractivity contribution in [3.8, 4) is 5.75 Å². The first kappa shape index (κ1) is 25.7. The number of aromatic nitrogens is 1. The zero-order valence-corrected chi connectivity index (χ0v) is 18.4. The van der Waals surface area contributed by atoms with E-state index in [9.17, 15) is 4.79 Å². The number of hydrogen-bond donors (Lipinski definition) is 2. The van der Waals surface area contributed by atoms with Crippen LogP contribution in [0.2, 0.25) is 0 Å². The highest BCUT2D eigenvalue weighted by molar-refractivity contribution is 7.09. The predicted octanol–water partition coefficient (Wildman–Crippen LogP) is 4.05. The molecule has 1 heterocycles. The second-order valence-electron chi connectivity index (χ2n) is 6.36. The number of rotatable bonds is 9. The highest BCUT2D eigenvalue weighted by Gasteiger charge is 2.21. The summed E-state index contributed by atoms with van der Waals surface area (Å²) in [6.07, 6.45) is 1.94. The SMILES string of the molecule is CCC(N)(CC)CNC(=O)Cc1csc(COc2ccc(C)cc2)n1.Cl.Cl. The van der Waals surface area contributed by atoms with Gasteiger partial charge in [0.2, 0.25) is 5.91 Å². The van der Waals surface area contributed by atoms with Crippen LogP contribution in [0.3, 0.4) is 0 Å². The van der Waals surface area contributed by atoms with Gasteiger partial charge in [0.25, 0.3) is 0 Å². The number of nitrogens with one attached hydrogen (secondary N) is 1. The van der Waals surface area contributed by atoms with Gasteiger partial charge in [-0.05, 0) is 31.9 Å². The van der Waals surface area contributed by atoms with Gasteiger partial charge in [0, 0.05) is 17.5 Å². The maximum atomic E-state index is 12.1. The van der Waals surface area contributed by atoms with E-state index < -0.39 is 0 Å². The molecule has 27 heavy (non-hydrogen) atoms. The van der Waals surface area contributed by atoms with E-state index >= 15 is 0 Å². The van der Waals surface area contributed by atoms with Gasteiger partial charge in [-0.2, -0.15) is 0 Å². The molecule has 0 saturated carbocycles. The van der Waals surface area contributed by atoms with Crippen molar-refractivity contribution in [2.45, 2.75) is 52.2 Å². The number of nitrogens with zero attached hydrogens (tertiary/aromatic N) is 1. The summed E-state index contributed by atoms with van der Waals surface area (Å²) in [4.78, 5) is 16.5. The summed E-state index contributed by atoms with van der Waals surface area (Å²) >= 11 is 1.51. The molecule has 0 saturated heterocycles. The van der Waals surface area contributed by atoms with E-state index in [4.69, 9.17) is 10.5 Å². The molecule has 2 rings (SSSR count). The number of benzene rings is 1. The van der Waals surface area contributed by atoms with Crippen LogP contribution in [0.15, 0.2) is 29.6 Å². The fourth-order valence-electron chi connectivity index (χ4n) is 2.28. The molecule has 0 aliphatic rings. The summed E-state index contributed by atoms with van der Waals surface area (Å²) in [5.74, 6) is 0.770. The van der Waals surface area contributed by atoms with Gasteiger partial charge < -0.3 is 15.8 Å². The molecule has 5 nitrogen and oxygen atoms in total. The highest BCUT2D eigenvalue weighted by atomic mass is 35.5. The molecule has 1 amide bonds. The molecule has 0 spiro atoms. The van der Waals surface area contributed by atoms with Gasteiger partial charge in [0.15, 0.2) is 0 Å². The van der Waals surface area contributed by atoms with Crippen LogP contribution >= 0.6 is 36.2 Å². The molecule has 0 unspecified atom stereocenters. The van der Waals surface area contributed by atoms with Crippen LogP contribution in [0.4, 0.5) is 0 Å². The van der Waals surface area contributed by atoms with Crippen LogP contribution in [0, 0.1) is 6.92 Å².